The SMILES string of the molecule is COCCC(=O)N1CCC(c2sc3nccc4c3c2NC(=O)N4c2ccc(Oc3ccccc3)cc2C)C1. The minimum atomic E-state index is -0.212. The molecule has 2 aliphatic rings. The number of rotatable bonds is 7. The number of thiophene rings is 1. The standard InChI is InChI=1S/C29H28N4O4S/c1-18-16-21(37-20-6-4-3-5-7-20)8-9-22(18)33-23-10-13-30-28-25(23)26(31-29(33)35)27(38-28)19-11-14-32(17-19)24(34)12-15-36-2/h3-10,13,16,19H,11-12,14-15,17H2,1-2H3,(H,31,35). The van der Waals surface area contributed by atoms with Crippen LogP contribution in [0.3, 0.4) is 0 Å². The maximum Gasteiger partial charge on any atom is 0.331 e. The highest BCUT2D eigenvalue weighted by atomic mass is 32.1. The Morgan fingerprint density at radius 2 is 1.97 bits per heavy atom. The highest BCUT2D eigenvalue weighted by molar-refractivity contribution is 7.19. The molecule has 0 bridgehead atoms. The van der Waals surface area contributed by atoms with E-state index in [0.717, 1.165) is 49.9 Å². The van der Waals surface area contributed by atoms with E-state index in [1.165, 1.54) is 0 Å². The largest absolute Gasteiger partial charge is 0.457 e. The quantitative estimate of drug-likeness (QED) is 0.299. The van der Waals surface area contributed by atoms with Gasteiger partial charge in [-0.3, -0.25) is 9.69 Å². The van der Waals surface area contributed by atoms with Gasteiger partial charge in [-0.2, -0.15) is 0 Å². The van der Waals surface area contributed by atoms with Crippen LogP contribution in [0.4, 0.5) is 21.9 Å². The van der Waals surface area contributed by atoms with Crippen molar-refractivity contribution in [2.45, 2.75) is 25.7 Å². The topological polar surface area (TPSA) is 84.0 Å². The Morgan fingerprint density at radius 1 is 1.13 bits per heavy atom. The molecule has 194 valence electrons. The van der Waals surface area contributed by atoms with Gasteiger partial charge in [0.05, 0.1) is 35.5 Å². The number of hydrogen-bond acceptors (Lipinski definition) is 6. The molecule has 4 aromatic rings. The zero-order chi connectivity index (χ0) is 26.2. The number of nitrogens with one attached hydrogen (secondary N) is 1. The molecule has 0 aliphatic carbocycles. The molecule has 1 unspecified atom stereocenters. The van der Waals surface area contributed by atoms with Crippen molar-refractivity contribution in [1.82, 2.24) is 9.88 Å². The Hall–Kier alpha value is -3.95. The molecule has 2 aliphatic heterocycles. The average molecular weight is 529 g/mol. The van der Waals surface area contributed by atoms with Crippen LogP contribution in [0, 0.1) is 6.92 Å². The number of hydrogen-bond donors (Lipinski definition) is 1. The van der Waals surface area contributed by atoms with Crippen LogP contribution < -0.4 is 15.0 Å². The molecular weight excluding hydrogens is 500 g/mol. The van der Waals surface area contributed by atoms with Crippen LogP contribution in [0.5, 0.6) is 11.5 Å². The van der Waals surface area contributed by atoms with Gasteiger partial charge in [-0.15, -0.1) is 11.3 Å². The highest BCUT2D eigenvalue weighted by Gasteiger charge is 2.36. The van der Waals surface area contributed by atoms with Crippen LogP contribution in [0.25, 0.3) is 10.2 Å². The number of anilines is 3. The molecule has 2 aromatic carbocycles. The summed E-state index contributed by atoms with van der Waals surface area (Å²) in [4.78, 5) is 36.3. The van der Waals surface area contributed by atoms with Crippen LogP contribution in [0.2, 0.25) is 0 Å². The van der Waals surface area contributed by atoms with Gasteiger partial charge in [0.2, 0.25) is 5.91 Å². The minimum Gasteiger partial charge on any atom is -0.457 e. The third kappa shape index (κ3) is 4.37. The summed E-state index contributed by atoms with van der Waals surface area (Å²) in [5.41, 5.74) is 3.33. The van der Waals surface area contributed by atoms with Crippen molar-refractivity contribution >= 4 is 50.6 Å². The lowest BCUT2D eigenvalue weighted by Crippen LogP contribution is -2.34. The van der Waals surface area contributed by atoms with Gasteiger partial charge in [0.1, 0.15) is 16.3 Å². The van der Waals surface area contributed by atoms with E-state index in [1.807, 2.05) is 66.4 Å². The summed E-state index contributed by atoms with van der Waals surface area (Å²) < 4.78 is 11.1. The summed E-state index contributed by atoms with van der Waals surface area (Å²) in [7, 11) is 1.60. The number of ether oxygens (including phenoxy) is 2. The van der Waals surface area contributed by atoms with E-state index in [1.54, 1.807) is 29.5 Å². The third-order valence-corrected chi connectivity index (χ3v) is 8.35. The molecule has 2 aromatic heterocycles. The first-order chi connectivity index (χ1) is 18.5. The van der Waals surface area contributed by atoms with Crippen molar-refractivity contribution in [3.63, 3.8) is 0 Å². The average Bonchev–Trinajstić information content (AvgIpc) is 3.55. The number of aryl methyl sites for hydroxylation is 1. The van der Waals surface area contributed by atoms with Crippen LogP contribution >= 0.6 is 11.3 Å². The molecule has 6 rings (SSSR count). The van der Waals surface area contributed by atoms with Crippen LogP contribution in [-0.2, 0) is 9.53 Å². The molecule has 1 saturated heterocycles. The molecule has 3 amide bonds. The second kappa shape index (κ2) is 10.1. The Kier molecular flexibility index (Phi) is 6.47. The maximum atomic E-state index is 13.6. The van der Waals surface area contributed by atoms with Crippen molar-refractivity contribution in [2.24, 2.45) is 0 Å². The number of aromatic nitrogens is 1. The Balaban J connectivity index is 1.31. The second-order valence-corrected chi connectivity index (χ2v) is 10.6. The predicted octanol–water partition coefficient (Wildman–Crippen LogP) is 6.43. The maximum absolute atomic E-state index is 13.6. The summed E-state index contributed by atoms with van der Waals surface area (Å²) in [6.07, 6.45) is 2.99. The number of urea groups is 1. The lowest BCUT2D eigenvalue weighted by Gasteiger charge is -2.30. The summed E-state index contributed by atoms with van der Waals surface area (Å²) in [5, 5.41) is 4.11. The van der Waals surface area contributed by atoms with E-state index in [-0.39, 0.29) is 17.9 Å². The van der Waals surface area contributed by atoms with Crippen molar-refractivity contribution < 1.29 is 19.1 Å². The van der Waals surface area contributed by atoms with Gasteiger partial charge in [-0.25, -0.2) is 9.78 Å². The van der Waals surface area contributed by atoms with E-state index < -0.39 is 0 Å². The van der Waals surface area contributed by atoms with Crippen molar-refractivity contribution in [2.75, 3.05) is 37.0 Å². The molecule has 1 N–H and O–H groups in total. The van der Waals surface area contributed by atoms with E-state index in [4.69, 9.17) is 9.47 Å². The highest BCUT2D eigenvalue weighted by Crippen LogP contribution is 2.50. The fourth-order valence-corrected chi connectivity index (χ4v) is 6.49. The number of methoxy groups -OCH3 is 1. The molecule has 0 saturated carbocycles. The second-order valence-electron chi connectivity index (χ2n) is 9.55. The number of pyridine rings is 1. The third-order valence-electron chi connectivity index (χ3n) is 7.09. The zero-order valence-electron chi connectivity index (χ0n) is 21.3. The van der Waals surface area contributed by atoms with Gasteiger partial charge in [0, 0.05) is 37.2 Å². The lowest BCUT2D eigenvalue weighted by molar-refractivity contribution is -0.131. The molecule has 9 heteroatoms. The van der Waals surface area contributed by atoms with Gasteiger partial charge >= 0.3 is 6.03 Å². The smallest absolute Gasteiger partial charge is 0.331 e. The van der Waals surface area contributed by atoms with Gasteiger partial charge in [0.15, 0.2) is 0 Å². The molecular formula is C29H28N4O4S. The van der Waals surface area contributed by atoms with E-state index in [2.05, 4.69) is 10.3 Å². The fourth-order valence-electron chi connectivity index (χ4n) is 5.25. The summed E-state index contributed by atoms with van der Waals surface area (Å²) in [6, 6.07) is 17.0. The van der Waals surface area contributed by atoms with Gasteiger partial charge in [-0.1, -0.05) is 18.2 Å². The normalized spacial score (nSPS) is 16.7. The number of carbonyl (C=O) groups is 2. The Labute approximate surface area is 224 Å². The van der Waals surface area contributed by atoms with Crippen LogP contribution in [0.1, 0.15) is 29.2 Å². The molecule has 38 heavy (non-hydrogen) atoms. The van der Waals surface area contributed by atoms with Gasteiger partial charge < -0.3 is 19.7 Å². The van der Waals surface area contributed by atoms with E-state index in [0.29, 0.717) is 31.9 Å². The van der Waals surface area contributed by atoms with Crippen LogP contribution in [0.15, 0.2) is 60.8 Å². The molecule has 4 heterocycles. The zero-order valence-corrected chi connectivity index (χ0v) is 22.1. The number of amides is 3. The number of nitrogens with zero attached hydrogens (tertiary/aromatic N) is 3. The Bertz CT molecular complexity index is 1520. The number of carbonyl (C=O) groups excluding carboxylic acids is 2. The number of benzene rings is 2. The van der Waals surface area contributed by atoms with Gasteiger partial charge in [-0.05, 0) is 55.3 Å². The van der Waals surface area contributed by atoms with Crippen molar-refractivity contribution in [1.29, 1.82) is 0 Å². The lowest BCUT2D eigenvalue weighted by atomic mass is 10.0. The molecule has 0 radical (unpaired) electrons. The van der Waals surface area contributed by atoms with Crippen LogP contribution in [-0.4, -0.2) is 48.6 Å². The van der Waals surface area contributed by atoms with Gasteiger partial charge in [0.25, 0.3) is 0 Å². The molecule has 1 fully saturated rings. The summed E-state index contributed by atoms with van der Waals surface area (Å²) in [5.74, 6) is 1.73. The van der Waals surface area contributed by atoms with Crippen molar-refractivity contribution in [3.05, 3.63) is 71.2 Å². The first kappa shape index (κ1) is 24.4. The minimum absolute atomic E-state index is 0.105. The molecule has 1 atom stereocenters. The molecule has 8 nitrogen and oxygen atoms in total. The summed E-state index contributed by atoms with van der Waals surface area (Å²) in [6.45, 7) is 3.74. The summed E-state index contributed by atoms with van der Waals surface area (Å²) >= 11 is 1.60. The Morgan fingerprint density at radius 3 is 2.76 bits per heavy atom. The van der Waals surface area contributed by atoms with E-state index in [9.17, 15) is 9.59 Å². The number of likely N-dealkylation sites (tertiary alicyclic amines) is 1. The molecule has 0 spiro atoms. The first-order valence-electron chi connectivity index (χ1n) is 12.7. The van der Waals surface area contributed by atoms with E-state index >= 15 is 0 Å². The fraction of sp³-hybridized carbons (Fsp3) is 0.276. The number of para-hydroxylation sites is 1. The predicted molar refractivity (Wildman–Crippen MR) is 149 cm³/mol. The monoisotopic (exact) mass is 528 g/mol. The first-order valence-corrected chi connectivity index (χ1v) is 13.5. The van der Waals surface area contributed by atoms with Crippen molar-refractivity contribution in [3.8, 4) is 11.5 Å².